The van der Waals surface area contributed by atoms with Gasteiger partial charge in [-0.15, -0.1) is 0 Å². The van der Waals surface area contributed by atoms with Gasteiger partial charge in [-0.05, 0) is 92.3 Å². The molecular formula is C33H36O8. The Bertz CT molecular complexity index is 1340. The summed E-state index contributed by atoms with van der Waals surface area (Å²) < 4.78 is 27.2. The molecule has 0 heterocycles. The van der Waals surface area contributed by atoms with Crippen LogP contribution in [-0.2, 0) is 16.0 Å². The average molecular weight is 561 g/mol. The molecule has 0 radical (unpaired) electrons. The lowest BCUT2D eigenvalue weighted by Gasteiger charge is -2.13. The average Bonchev–Trinajstić information content (AvgIpc) is 2.99. The van der Waals surface area contributed by atoms with Crippen LogP contribution in [0.4, 0.5) is 0 Å². The fraction of sp³-hybridized carbons (Fsp3) is 0.303. The predicted octanol–water partition coefficient (Wildman–Crippen LogP) is 6.67. The van der Waals surface area contributed by atoms with Crippen molar-refractivity contribution in [1.29, 1.82) is 0 Å². The Kier molecular flexibility index (Phi) is 12.0. The van der Waals surface area contributed by atoms with E-state index in [0.717, 1.165) is 25.3 Å². The number of esters is 3. The molecule has 0 aliphatic rings. The van der Waals surface area contributed by atoms with E-state index in [1.165, 1.54) is 18.7 Å². The van der Waals surface area contributed by atoms with Crippen molar-refractivity contribution in [2.24, 2.45) is 0 Å². The summed E-state index contributed by atoms with van der Waals surface area (Å²) >= 11 is 0. The zero-order valence-corrected chi connectivity index (χ0v) is 23.8. The molecule has 0 saturated heterocycles. The van der Waals surface area contributed by atoms with Gasteiger partial charge in [0.25, 0.3) is 0 Å². The second kappa shape index (κ2) is 15.9. The second-order valence-corrected chi connectivity index (χ2v) is 9.30. The van der Waals surface area contributed by atoms with E-state index < -0.39 is 17.9 Å². The lowest BCUT2D eigenvalue weighted by atomic mass is 10.1. The van der Waals surface area contributed by atoms with Gasteiger partial charge in [-0.3, -0.25) is 0 Å². The fourth-order valence-electron chi connectivity index (χ4n) is 3.85. The first kappa shape index (κ1) is 30.9. The number of hydrogen-bond donors (Lipinski definition) is 0. The molecule has 41 heavy (non-hydrogen) atoms. The molecular weight excluding hydrogens is 524 g/mol. The number of carbonyl (C=O) groups excluding carboxylic acids is 3. The summed E-state index contributed by atoms with van der Waals surface area (Å²) in [5, 5.41) is 0. The van der Waals surface area contributed by atoms with Crippen LogP contribution in [0.5, 0.6) is 23.0 Å². The molecule has 0 saturated carbocycles. The number of aryl methyl sites for hydroxylation is 2. The van der Waals surface area contributed by atoms with Crippen LogP contribution < -0.4 is 18.9 Å². The van der Waals surface area contributed by atoms with E-state index in [9.17, 15) is 14.4 Å². The zero-order chi connectivity index (χ0) is 29.6. The van der Waals surface area contributed by atoms with Gasteiger partial charge in [0.1, 0.15) is 11.5 Å². The molecule has 3 rings (SSSR count). The van der Waals surface area contributed by atoms with Crippen molar-refractivity contribution < 1.29 is 38.1 Å². The molecule has 3 aromatic carbocycles. The van der Waals surface area contributed by atoms with E-state index >= 15 is 0 Å². The quantitative estimate of drug-likeness (QED) is 0.0880. The van der Waals surface area contributed by atoms with Crippen molar-refractivity contribution in [3.05, 3.63) is 95.6 Å². The van der Waals surface area contributed by atoms with E-state index in [2.05, 4.69) is 13.5 Å². The highest BCUT2D eigenvalue weighted by molar-refractivity contribution is 5.93. The summed E-state index contributed by atoms with van der Waals surface area (Å²) in [6.45, 7) is 7.91. The Morgan fingerprint density at radius 2 is 1.44 bits per heavy atom. The molecule has 0 aliphatic carbocycles. The molecule has 0 aliphatic heterocycles. The van der Waals surface area contributed by atoms with Crippen molar-refractivity contribution in [2.45, 2.75) is 46.0 Å². The minimum absolute atomic E-state index is 0.274. The molecule has 0 amide bonds. The zero-order valence-electron chi connectivity index (χ0n) is 23.8. The van der Waals surface area contributed by atoms with Crippen LogP contribution in [0.15, 0.2) is 73.3 Å². The molecule has 0 atom stereocenters. The standard InChI is InChI=1S/C33H36O8/c1-5-7-10-24-11-15-27(16-12-24)40-32(35)25-13-17-28(23(3)21-25)41-33(36)26-14-18-29(30(22-26)37-4)38-19-8-9-20-39-31(34)6-2/h6,11-18,21-22H,2,5,7-10,19-20H2,1,3-4H3. The Morgan fingerprint density at radius 1 is 0.780 bits per heavy atom. The number of carbonyl (C=O) groups is 3. The number of methoxy groups -OCH3 is 1. The first-order chi connectivity index (χ1) is 19.8. The van der Waals surface area contributed by atoms with E-state index in [0.29, 0.717) is 53.6 Å². The summed E-state index contributed by atoms with van der Waals surface area (Å²) in [4.78, 5) is 36.6. The number of unbranched alkanes of at least 4 members (excludes halogenated alkanes) is 2. The van der Waals surface area contributed by atoms with Crippen LogP contribution in [0, 0.1) is 6.92 Å². The number of ether oxygens (including phenoxy) is 5. The highest BCUT2D eigenvalue weighted by Crippen LogP contribution is 2.29. The van der Waals surface area contributed by atoms with Gasteiger partial charge < -0.3 is 23.7 Å². The van der Waals surface area contributed by atoms with Gasteiger partial charge in [-0.25, -0.2) is 14.4 Å². The molecule has 216 valence electrons. The van der Waals surface area contributed by atoms with Crippen LogP contribution in [-0.4, -0.2) is 38.2 Å². The minimum Gasteiger partial charge on any atom is -0.493 e. The molecule has 0 unspecified atom stereocenters. The Balaban J connectivity index is 1.55. The third-order valence-electron chi connectivity index (χ3n) is 6.17. The van der Waals surface area contributed by atoms with Gasteiger partial charge in [0.2, 0.25) is 0 Å². The lowest BCUT2D eigenvalue weighted by molar-refractivity contribution is -0.137. The third kappa shape index (κ3) is 9.53. The largest absolute Gasteiger partial charge is 0.493 e. The fourth-order valence-corrected chi connectivity index (χ4v) is 3.85. The summed E-state index contributed by atoms with van der Waals surface area (Å²) in [5.74, 6) is 0.114. The normalized spacial score (nSPS) is 10.4. The smallest absolute Gasteiger partial charge is 0.343 e. The molecule has 0 spiro atoms. The first-order valence-corrected chi connectivity index (χ1v) is 13.6. The Labute approximate surface area is 240 Å². The topological polar surface area (TPSA) is 97.4 Å². The van der Waals surface area contributed by atoms with Gasteiger partial charge in [-0.1, -0.05) is 32.1 Å². The maximum absolute atomic E-state index is 12.9. The van der Waals surface area contributed by atoms with Crippen LogP contribution in [0.3, 0.4) is 0 Å². The maximum Gasteiger partial charge on any atom is 0.343 e. The van der Waals surface area contributed by atoms with Gasteiger partial charge in [0.05, 0.1) is 31.5 Å². The highest BCUT2D eigenvalue weighted by Gasteiger charge is 2.16. The van der Waals surface area contributed by atoms with E-state index in [1.807, 2.05) is 12.1 Å². The number of hydrogen-bond acceptors (Lipinski definition) is 8. The monoisotopic (exact) mass is 560 g/mol. The molecule has 8 nitrogen and oxygen atoms in total. The lowest BCUT2D eigenvalue weighted by Crippen LogP contribution is -2.12. The van der Waals surface area contributed by atoms with Crippen LogP contribution in [0.1, 0.15) is 64.4 Å². The highest BCUT2D eigenvalue weighted by atomic mass is 16.5. The summed E-state index contributed by atoms with van der Waals surface area (Å²) in [7, 11) is 1.48. The summed E-state index contributed by atoms with van der Waals surface area (Å²) in [6.07, 6.45) is 5.64. The summed E-state index contributed by atoms with van der Waals surface area (Å²) in [5.41, 5.74) is 2.43. The molecule has 0 bridgehead atoms. The molecule has 0 aromatic heterocycles. The Morgan fingerprint density at radius 3 is 2.10 bits per heavy atom. The third-order valence-corrected chi connectivity index (χ3v) is 6.17. The SMILES string of the molecule is C=CC(=O)OCCCCOc1ccc(C(=O)Oc2ccc(C(=O)Oc3ccc(CCCC)cc3)cc2C)cc1OC. The molecule has 8 heteroatoms. The van der Waals surface area contributed by atoms with E-state index in [1.54, 1.807) is 49.4 Å². The van der Waals surface area contributed by atoms with Gasteiger partial charge in [0.15, 0.2) is 11.5 Å². The summed E-state index contributed by atoms with van der Waals surface area (Å²) in [6, 6.07) is 17.0. The number of rotatable bonds is 15. The van der Waals surface area contributed by atoms with Crippen LogP contribution >= 0.6 is 0 Å². The van der Waals surface area contributed by atoms with Crippen molar-refractivity contribution in [3.63, 3.8) is 0 Å². The number of benzene rings is 3. The predicted molar refractivity (Wildman–Crippen MR) is 155 cm³/mol. The van der Waals surface area contributed by atoms with Gasteiger partial charge >= 0.3 is 17.9 Å². The minimum atomic E-state index is -0.583. The maximum atomic E-state index is 12.9. The van der Waals surface area contributed by atoms with Crippen LogP contribution in [0.25, 0.3) is 0 Å². The van der Waals surface area contributed by atoms with Crippen molar-refractivity contribution >= 4 is 17.9 Å². The van der Waals surface area contributed by atoms with Gasteiger partial charge in [0, 0.05) is 6.08 Å². The van der Waals surface area contributed by atoms with E-state index in [-0.39, 0.29) is 12.2 Å². The van der Waals surface area contributed by atoms with Crippen molar-refractivity contribution in [1.82, 2.24) is 0 Å². The second-order valence-electron chi connectivity index (χ2n) is 9.30. The molecule has 0 N–H and O–H groups in total. The van der Waals surface area contributed by atoms with Crippen molar-refractivity contribution in [3.8, 4) is 23.0 Å². The van der Waals surface area contributed by atoms with E-state index in [4.69, 9.17) is 23.7 Å². The molecule has 3 aromatic rings. The molecule has 0 fully saturated rings. The van der Waals surface area contributed by atoms with Crippen molar-refractivity contribution in [2.75, 3.05) is 20.3 Å². The first-order valence-electron chi connectivity index (χ1n) is 13.6. The van der Waals surface area contributed by atoms with Gasteiger partial charge in [-0.2, -0.15) is 0 Å². The Hall–Kier alpha value is -4.59. The van der Waals surface area contributed by atoms with Crippen LogP contribution in [0.2, 0.25) is 0 Å².